The highest BCUT2D eigenvalue weighted by atomic mass is 35.5. The van der Waals surface area contributed by atoms with Crippen molar-refractivity contribution in [2.75, 3.05) is 0 Å². The molecule has 1 fully saturated rings. The van der Waals surface area contributed by atoms with Crippen molar-refractivity contribution in [1.29, 1.82) is 0 Å². The number of benzene rings is 1. The van der Waals surface area contributed by atoms with E-state index in [1.54, 1.807) is 24.3 Å². The van der Waals surface area contributed by atoms with Gasteiger partial charge >= 0.3 is 0 Å². The molecule has 0 bridgehead atoms. The van der Waals surface area contributed by atoms with E-state index in [0.29, 0.717) is 40.0 Å². The molecule has 1 heterocycles. The van der Waals surface area contributed by atoms with E-state index in [1.165, 1.54) is 0 Å². The normalized spacial score (nSPS) is 16.8. The lowest BCUT2D eigenvalue weighted by molar-refractivity contribution is 0.100. The molecule has 1 aromatic heterocycles. The van der Waals surface area contributed by atoms with Gasteiger partial charge in [0.2, 0.25) is 5.91 Å². The van der Waals surface area contributed by atoms with Gasteiger partial charge in [-0.05, 0) is 31.0 Å². The van der Waals surface area contributed by atoms with Gasteiger partial charge in [0.25, 0.3) is 0 Å². The van der Waals surface area contributed by atoms with Crippen molar-refractivity contribution in [3.05, 3.63) is 40.5 Å². The Morgan fingerprint density at radius 3 is 2.72 bits per heavy atom. The van der Waals surface area contributed by atoms with Crippen LogP contribution in [-0.2, 0) is 5.67 Å². The maximum atomic E-state index is 14.0. The van der Waals surface area contributed by atoms with Crippen molar-refractivity contribution in [2.24, 2.45) is 5.73 Å². The summed E-state index contributed by atoms with van der Waals surface area (Å²) < 4.78 is 14.0. The maximum absolute atomic E-state index is 14.0. The molecule has 92 valence electrons. The molecule has 0 unspecified atom stereocenters. The molecule has 2 N–H and O–H groups in total. The van der Waals surface area contributed by atoms with E-state index in [4.69, 9.17) is 17.3 Å². The summed E-state index contributed by atoms with van der Waals surface area (Å²) in [5.74, 6) is -0.540. The second-order valence-corrected chi connectivity index (χ2v) is 4.96. The van der Waals surface area contributed by atoms with Crippen LogP contribution in [0, 0.1) is 0 Å². The van der Waals surface area contributed by atoms with Gasteiger partial charge in [-0.1, -0.05) is 17.7 Å². The van der Waals surface area contributed by atoms with Crippen LogP contribution < -0.4 is 5.73 Å². The predicted molar refractivity (Wildman–Crippen MR) is 67.3 cm³/mol. The number of hydrogen-bond acceptors (Lipinski definition) is 2. The minimum atomic E-state index is -1.35. The molecule has 1 amide bonds. The number of amides is 1. The third kappa shape index (κ3) is 1.73. The second kappa shape index (κ2) is 3.65. The van der Waals surface area contributed by atoms with Gasteiger partial charge in [0.05, 0.1) is 16.2 Å². The third-order valence-corrected chi connectivity index (χ3v) is 3.50. The lowest BCUT2D eigenvalue weighted by atomic mass is 10.1. The van der Waals surface area contributed by atoms with Gasteiger partial charge in [0, 0.05) is 10.9 Å². The number of carbonyl (C=O) groups is 1. The van der Waals surface area contributed by atoms with Crippen LogP contribution in [0.4, 0.5) is 4.39 Å². The first-order valence-corrected chi connectivity index (χ1v) is 5.97. The molecule has 0 spiro atoms. The van der Waals surface area contributed by atoms with E-state index >= 15 is 0 Å². The Kier molecular flexibility index (Phi) is 2.32. The number of fused-ring (bicyclic) bond motifs is 1. The molecule has 1 aromatic carbocycles. The fraction of sp³-hybridized carbons (Fsp3) is 0.231. The second-order valence-electron chi connectivity index (χ2n) is 4.55. The van der Waals surface area contributed by atoms with E-state index in [9.17, 15) is 9.18 Å². The minimum Gasteiger partial charge on any atom is -0.366 e. The lowest BCUT2D eigenvalue weighted by Gasteiger charge is -2.08. The first-order chi connectivity index (χ1) is 8.49. The molecule has 5 heteroatoms. The SMILES string of the molecule is NC(=O)c1ccc2c(Cl)cc(C3(F)CC3)nc2c1. The third-order valence-electron chi connectivity index (χ3n) is 3.19. The standard InChI is InChI=1S/C13H10ClFN2O/c14-9-6-11(13(15)3-4-13)17-10-5-7(12(16)18)1-2-8(9)10/h1-2,5-6H,3-4H2,(H2,16,18). The number of primary amides is 1. The van der Waals surface area contributed by atoms with Crippen LogP contribution in [0.25, 0.3) is 10.9 Å². The van der Waals surface area contributed by atoms with Crippen LogP contribution in [0.1, 0.15) is 28.9 Å². The molecule has 1 aliphatic rings. The Balaban J connectivity index is 2.23. The van der Waals surface area contributed by atoms with Crippen LogP contribution in [0.2, 0.25) is 5.02 Å². The highest BCUT2D eigenvalue weighted by molar-refractivity contribution is 6.35. The molecule has 1 saturated carbocycles. The molecule has 3 rings (SSSR count). The van der Waals surface area contributed by atoms with Crippen molar-refractivity contribution in [3.8, 4) is 0 Å². The van der Waals surface area contributed by atoms with Gasteiger partial charge in [-0.25, -0.2) is 9.37 Å². The topological polar surface area (TPSA) is 56.0 Å². The van der Waals surface area contributed by atoms with Crippen molar-refractivity contribution in [3.63, 3.8) is 0 Å². The summed E-state index contributed by atoms with van der Waals surface area (Å²) in [6.07, 6.45) is 0.939. The molecule has 0 aliphatic heterocycles. The zero-order valence-electron chi connectivity index (χ0n) is 9.41. The number of rotatable bonds is 2. The number of alkyl halides is 1. The average molecular weight is 265 g/mol. The van der Waals surface area contributed by atoms with E-state index in [1.807, 2.05) is 0 Å². The van der Waals surface area contributed by atoms with Crippen LogP contribution in [-0.4, -0.2) is 10.9 Å². The number of halogens is 2. The average Bonchev–Trinajstić information content (AvgIpc) is 3.08. The summed E-state index contributed by atoms with van der Waals surface area (Å²) in [6, 6.07) is 6.35. The molecule has 1 aliphatic carbocycles. The molecule has 18 heavy (non-hydrogen) atoms. The first-order valence-electron chi connectivity index (χ1n) is 5.59. The minimum absolute atomic E-state index is 0.335. The molecule has 3 nitrogen and oxygen atoms in total. The summed E-state index contributed by atoms with van der Waals surface area (Å²) >= 11 is 6.11. The van der Waals surface area contributed by atoms with Crippen LogP contribution >= 0.6 is 11.6 Å². The first kappa shape index (κ1) is 11.4. The van der Waals surface area contributed by atoms with E-state index in [2.05, 4.69) is 4.98 Å². The predicted octanol–water partition coefficient (Wildman–Crippen LogP) is 2.95. The number of pyridine rings is 1. The fourth-order valence-corrected chi connectivity index (χ4v) is 2.20. The van der Waals surface area contributed by atoms with Crippen LogP contribution in [0.5, 0.6) is 0 Å². The molecular weight excluding hydrogens is 255 g/mol. The fourth-order valence-electron chi connectivity index (χ4n) is 1.93. The number of aromatic nitrogens is 1. The summed E-state index contributed by atoms with van der Waals surface area (Å²) in [7, 11) is 0. The highest BCUT2D eigenvalue weighted by Gasteiger charge is 2.46. The molecular formula is C13H10ClFN2O. The van der Waals surface area contributed by atoms with Crippen molar-refractivity contribution in [2.45, 2.75) is 18.5 Å². The van der Waals surface area contributed by atoms with Gasteiger partial charge in [-0.3, -0.25) is 4.79 Å². The molecule has 0 radical (unpaired) electrons. The van der Waals surface area contributed by atoms with Crippen molar-refractivity contribution >= 4 is 28.4 Å². The molecule has 0 saturated heterocycles. The zero-order chi connectivity index (χ0) is 12.9. The van der Waals surface area contributed by atoms with Gasteiger partial charge < -0.3 is 5.73 Å². The van der Waals surface area contributed by atoms with Crippen molar-refractivity contribution < 1.29 is 9.18 Å². The van der Waals surface area contributed by atoms with Crippen LogP contribution in [0.15, 0.2) is 24.3 Å². The maximum Gasteiger partial charge on any atom is 0.248 e. The Labute approximate surface area is 108 Å². The van der Waals surface area contributed by atoms with Gasteiger partial charge in [-0.2, -0.15) is 0 Å². The summed E-state index contributed by atoms with van der Waals surface area (Å²) in [4.78, 5) is 15.4. The Bertz CT molecular complexity index is 667. The zero-order valence-corrected chi connectivity index (χ0v) is 10.2. The summed E-state index contributed by atoms with van der Waals surface area (Å²) in [5.41, 5.74) is 5.03. The van der Waals surface area contributed by atoms with Crippen molar-refractivity contribution in [1.82, 2.24) is 4.98 Å². The quantitative estimate of drug-likeness (QED) is 0.907. The largest absolute Gasteiger partial charge is 0.366 e. The van der Waals surface area contributed by atoms with Gasteiger partial charge in [0.1, 0.15) is 0 Å². The smallest absolute Gasteiger partial charge is 0.248 e. The van der Waals surface area contributed by atoms with Crippen LogP contribution in [0.3, 0.4) is 0 Å². The van der Waals surface area contributed by atoms with E-state index in [-0.39, 0.29) is 0 Å². The summed E-state index contributed by atoms with van der Waals surface area (Å²) in [6.45, 7) is 0. The van der Waals surface area contributed by atoms with Gasteiger partial charge in [0.15, 0.2) is 5.67 Å². The lowest BCUT2D eigenvalue weighted by Crippen LogP contribution is -2.11. The Hall–Kier alpha value is -1.68. The monoisotopic (exact) mass is 264 g/mol. The highest BCUT2D eigenvalue weighted by Crippen LogP contribution is 2.49. The number of nitrogens with two attached hydrogens (primary N) is 1. The van der Waals surface area contributed by atoms with E-state index < -0.39 is 11.6 Å². The van der Waals surface area contributed by atoms with E-state index in [0.717, 1.165) is 0 Å². The van der Waals surface area contributed by atoms with Gasteiger partial charge in [-0.15, -0.1) is 0 Å². The number of carbonyl (C=O) groups excluding carboxylic acids is 1. The molecule has 2 aromatic rings. The Morgan fingerprint density at radius 2 is 2.11 bits per heavy atom. The Morgan fingerprint density at radius 1 is 1.39 bits per heavy atom. The number of hydrogen-bond donors (Lipinski definition) is 1. The molecule has 0 atom stereocenters. The summed E-state index contributed by atoms with van der Waals surface area (Å²) in [5, 5.41) is 1.13. The number of nitrogens with zero attached hydrogens (tertiary/aromatic N) is 1.